The van der Waals surface area contributed by atoms with Crippen molar-refractivity contribution in [2.45, 2.75) is 0 Å². The Morgan fingerprint density at radius 3 is 2.70 bits per heavy atom. The number of thioether (sulfide) groups is 2. The molecule has 2 rings (SSSR count). The van der Waals surface area contributed by atoms with Crippen LogP contribution in [-0.2, 0) is 14.1 Å². The Hall–Kier alpha value is -1.48. The molecule has 108 valence electrons. The largest absolute Gasteiger partial charge is 0.384 e. The highest BCUT2D eigenvalue weighted by Gasteiger charge is 2.21. The lowest BCUT2D eigenvalue weighted by molar-refractivity contribution is 0.102. The summed E-state index contributed by atoms with van der Waals surface area (Å²) in [5.41, 5.74) is 4.38. The molecule has 0 aromatic carbocycles. The summed E-state index contributed by atoms with van der Waals surface area (Å²) in [5.74, 6) is 0.521. The number of aromatic nitrogens is 2. The summed E-state index contributed by atoms with van der Waals surface area (Å²) in [6.45, 7) is 0.755. The molecule has 2 heterocycles. The van der Waals surface area contributed by atoms with Crippen molar-refractivity contribution in [3.8, 4) is 0 Å². The Balaban J connectivity index is 2.30. The van der Waals surface area contributed by atoms with Gasteiger partial charge in [-0.05, 0) is 0 Å². The Labute approximate surface area is 123 Å². The fourth-order valence-corrected chi connectivity index (χ4v) is 3.61. The van der Waals surface area contributed by atoms with Gasteiger partial charge in [-0.1, -0.05) is 23.5 Å². The summed E-state index contributed by atoms with van der Waals surface area (Å²) in [5, 5.41) is 0. The van der Waals surface area contributed by atoms with E-state index in [1.807, 2.05) is 0 Å². The molecular formula is C11H14N4O3S2. The van der Waals surface area contributed by atoms with Crippen LogP contribution in [0.5, 0.6) is 0 Å². The van der Waals surface area contributed by atoms with Crippen LogP contribution in [-0.4, -0.2) is 37.3 Å². The van der Waals surface area contributed by atoms with Gasteiger partial charge < -0.3 is 5.73 Å². The predicted octanol–water partition coefficient (Wildman–Crippen LogP) is -0.315. The number of carbonyl (C=O) groups is 1. The molecule has 20 heavy (non-hydrogen) atoms. The second kappa shape index (κ2) is 5.88. The van der Waals surface area contributed by atoms with Gasteiger partial charge in [-0.25, -0.2) is 4.79 Å². The van der Waals surface area contributed by atoms with E-state index in [1.54, 1.807) is 11.8 Å². The number of hydrogen-bond acceptors (Lipinski definition) is 7. The van der Waals surface area contributed by atoms with Gasteiger partial charge in [0.1, 0.15) is 15.8 Å². The van der Waals surface area contributed by atoms with E-state index < -0.39 is 11.2 Å². The van der Waals surface area contributed by atoms with Crippen LogP contribution >= 0.6 is 23.5 Å². The number of rotatable bonds is 3. The highest BCUT2D eigenvalue weighted by molar-refractivity contribution is 8.39. The fourth-order valence-electron chi connectivity index (χ4n) is 1.72. The number of nitrogens with two attached hydrogens (primary N) is 1. The molecule has 1 aliphatic heterocycles. The van der Waals surface area contributed by atoms with Crippen LogP contribution in [0, 0.1) is 0 Å². The average molecular weight is 314 g/mol. The maximum atomic E-state index is 12.2. The zero-order valence-corrected chi connectivity index (χ0v) is 12.7. The van der Waals surface area contributed by atoms with Crippen LogP contribution in [0.2, 0.25) is 0 Å². The quantitative estimate of drug-likeness (QED) is 0.768. The van der Waals surface area contributed by atoms with Crippen LogP contribution in [0.15, 0.2) is 14.6 Å². The first-order chi connectivity index (χ1) is 9.43. The lowest BCUT2D eigenvalue weighted by Gasteiger charge is -2.10. The number of nitrogen functional groups attached to an aromatic ring is 1. The minimum Gasteiger partial charge on any atom is -0.384 e. The Morgan fingerprint density at radius 1 is 1.40 bits per heavy atom. The number of anilines is 1. The third kappa shape index (κ3) is 2.68. The summed E-state index contributed by atoms with van der Waals surface area (Å²) < 4.78 is 2.83. The molecule has 1 aromatic rings. The number of hydrogen-bond donors (Lipinski definition) is 1. The normalized spacial score (nSPS) is 14.4. The highest BCUT2D eigenvalue weighted by Crippen LogP contribution is 2.22. The van der Waals surface area contributed by atoms with E-state index in [-0.39, 0.29) is 22.9 Å². The van der Waals surface area contributed by atoms with E-state index in [1.165, 1.54) is 25.9 Å². The molecule has 1 aromatic heterocycles. The van der Waals surface area contributed by atoms with Gasteiger partial charge in [0.05, 0.1) is 12.3 Å². The Morgan fingerprint density at radius 2 is 2.10 bits per heavy atom. The van der Waals surface area contributed by atoms with Gasteiger partial charge >= 0.3 is 5.69 Å². The number of nitrogens with zero attached hydrogens (tertiary/aromatic N) is 3. The SMILES string of the molecule is Cn1c(N)c(C(=O)CSC2=NCCS2)c(=O)n(C)c1=O. The van der Waals surface area contributed by atoms with Crippen molar-refractivity contribution in [2.75, 3.05) is 23.8 Å². The van der Waals surface area contributed by atoms with Gasteiger partial charge in [0.15, 0.2) is 5.78 Å². The molecular weight excluding hydrogens is 300 g/mol. The van der Waals surface area contributed by atoms with Gasteiger partial charge in [-0.3, -0.25) is 23.7 Å². The molecule has 0 atom stereocenters. The van der Waals surface area contributed by atoms with E-state index in [0.29, 0.717) is 0 Å². The van der Waals surface area contributed by atoms with Crippen molar-refractivity contribution in [3.05, 3.63) is 26.4 Å². The molecule has 0 aliphatic carbocycles. The highest BCUT2D eigenvalue weighted by atomic mass is 32.2. The van der Waals surface area contributed by atoms with Crippen molar-refractivity contribution in [2.24, 2.45) is 19.1 Å². The molecule has 0 unspecified atom stereocenters. The maximum absolute atomic E-state index is 12.2. The summed E-state index contributed by atoms with van der Waals surface area (Å²) >= 11 is 2.88. The van der Waals surface area contributed by atoms with Crippen molar-refractivity contribution in [1.82, 2.24) is 9.13 Å². The summed E-state index contributed by atoms with van der Waals surface area (Å²) in [6, 6.07) is 0. The van der Waals surface area contributed by atoms with E-state index in [9.17, 15) is 14.4 Å². The van der Waals surface area contributed by atoms with E-state index in [0.717, 1.165) is 25.8 Å². The van der Waals surface area contributed by atoms with Crippen molar-refractivity contribution in [1.29, 1.82) is 0 Å². The number of aliphatic imine (C=N–C) groups is 1. The molecule has 9 heteroatoms. The second-order valence-electron chi connectivity index (χ2n) is 4.17. The molecule has 1 aliphatic rings. The first-order valence-electron chi connectivity index (χ1n) is 5.82. The monoisotopic (exact) mass is 314 g/mol. The van der Waals surface area contributed by atoms with Crippen LogP contribution in [0.3, 0.4) is 0 Å². The second-order valence-corrected chi connectivity index (χ2v) is 6.48. The first kappa shape index (κ1) is 14.9. The van der Waals surface area contributed by atoms with Crippen molar-refractivity contribution >= 4 is 39.5 Å². The average Bonchev–Trinajstić information content (AvgIpc) is 2.94. The third-order valence-electron chi connectivity index (χ3n) is 2.87. The van der Waals surface area contributed by atoms with Crippen LogP contribution in [0.25, 0.3) is 0 Å². The molecule has 7 nitrogen and oxygen atoms in total. The first-order valence-corrected chi connectivity index (χ1v) is 7.79. The van der Waals surface area contributed by atoms with E-state index in [2.05, 4.69) is 4.99 Å². The van der Waals surface area contributed by atoms with Gasteiger partial charge in [0, 0.05) is 19.8 Å². The Bertz CT molecular complexity index is 705. The van der Waals surface area contributed by atoms with Crippen LogP contribution < -0.4 is 17.0 Å². The minimum atomic E-state index is -0.655. The Kier molecular flexibility index (Phi) is 4.39. The molecule has 0 spiro atoms. The number of carbonyl (C=O) groups excluding carboxylic acids is 1. The lowest BCUT2D eigenvalue weighted by atomic mass is 10.2. The summed E-state index contributed by atoms with van der Waals surface area (Å²) in [7, 11) is 2.75. The van der Waals surface area contributed by atoms with E-state index >= 15 is 0 Å². The topological polar surface area (TPSA) is 99.4 Å². The molecule has 0 saturated heterocycles. The van der Waals surface area contributed by atoms with Crippen molar-refractivity contribution in [3.63, 3.8) is 0 Å². The zero-order chi connectivity index (χ0) is 14.9. The van der Waals surface area contributed by atoms with Gasteiger partial charge in [0.2, 0.25) is 0 Å². The van der Waals surface area contributed by atoms with Crippen LogP contribution in [0.1, 0.15) is 10.4 Å². The number of ketones is 1. The van der Waals surface area contributed by atoms with E-state index in [4.69, 9.17) is 5.73 Å². The standard InChI is InChI=1S/C11H14N4O3S2/c1-14-8(12)7(9(17)15(2)11(14)18)6(16)5-20-10-13-3-4-19-10/h3-5,12H2,1-2H3. The third-order valence-corrected chi connectivity index (χ3v) is 5.13. The minimum absolute atomic E-state index is 0.0868. The van der Waals surface area contributed by atoms with Crippen molar-refractivity contribution < 1.29 is 4.79 Å². The van der Waals surface area contributed by atoms with Crippen LogP contribution in [0.4, 0.5) is 5.82 Å². The van der Waals surface area contributed by atoms with Gasteiger partial charge in [0.25, 0.3) is 5.56 Å². The summed E-state index contributed by atoms with van der Waals surface area (Å²) in [4.78, 5) is 40.0. The molecule has 0 fully saturated rings. The predicted molar refractivity (Wildman–Crippen MR) is 82.9 cm³/mol. The lowest BCUT2D eigenvalue weighted by Crippen LogP contribution is -2.41. The molecule has 0 amide bonds. The summed E-state index contributed by atoms with van der Waals surface area (Å²) in [6.07, 6.45) is 0. The van der Waals surface area contributed by atoms with Gasteiger partial charge in [-0.2, -0.15) is 0 Å². The molecule has 2 N–H and O–H groups in total. The molecule has 0 bridgehead atoms. The fraction of sp³-hybridized carbons (Fsp3) is 0.455. The number of Topliss-reactive ketones (excluding diaryl/α,β-unsaturated/α-hetero) is 1. The molecule has 0 radical (unpaired) electrons. The van der Waals surface area contributed by atoms with Gasteiger partial charge in [-0.15, -0.1) is 0 Å². The smallest absolute Gasteiger partial charge is 0.332 e. The molecule has 0 saturated carbocycles. The maximum Gasteiger partial charge on any atom is 0.332 e. The zero-order valence-electron chi connectivity index (χ0n) is 11.1.